The summed E-state index contributed by atoms with van der Waals surface area (Å²) in [6.07, 6.45) is 8.33. The van der Waals surface area contributed by atoms with Crippen LogP contribution >= 0.6 is 0 Å². The molecular weight excluding hydrogens is 490 g/mol. The molecule has 6 rings (SSSR count). The van der Waals surface area contributed by atoms with E-state index in [1.807, 2.05) is 72.9 Å². The zero-order valence-corrected chi connectivity index (χ0v) is 21.7. The molecule has 0 atom stereocenters. The summed E-state index contributed by atoms with van der Waals surface area (Å²) in [7, 11) is 1.63. The van der Waals surface area contributed by atoms with Crippen molar-refractivity contribution in [1.82, 2.24) is 20.2 Å². The molecule has 8 nitrogen and oxygen atoms in total. The van der Waals surface area contributed by atoms with Gasteiger partial charge in [0.2, 0.25) is 0 Å². The van der Waals surface area contributed by atoms with Crippen LogP contribution in [0.25, 0.3) is 22.0 Å². The monoisotopic (exact) mass is 519 g/mol. The summed E-state index contributed by atoms with van der Waals surface area (Å²) in [5.74, 6) is 2.13. The molecule has 0 saturated carbocycles. The molecular formula is C31H29N5O3. The Labute approximate surface area is 226 Å². The maximum absolute atomic E-state index is 11.1. The molecule has 0 radical (unpaired) electrons. The number of aliphatic hydroxyl groups is 1. The predicted molar refractivity (Wildman–Crippen MR) is 150 cm³/mol. The zero-order chi connectivity index (χ0) is 26.7. The van der Waals surface area contributed by atoms with Crippen molar-refractivity contribution in [2.75, 3.05) is 25.1 Å². The molecule has 0 aliphatic carbocycles. The largest absolute Gasteiger partial charge is 0.493 e. The SMILES string of the molecule is COc1cc2c(-c3ccc(N4CCC(O)(c5cccnc5)CC4)nc3)cnnc2cc1OCc1ccccc1. The van der Waals surface area contributed by atoms with Gasteiger partial charge in [-0.3, -0.25) is 4.98 Å². The van der Waals surface area contributed by atoms with E-state index in [0.29, 0.717) is 49.6 Å². The molecule has 1 aliphatic heterocycles. The zero-order valence-electron chi connectivity index (χ0n) is 21.7. The Hall–Kier alpha value is -4.56. The number of rotatable bonds is 7. The van der Waals surface area contributed by atoms with E-state index in [1.165, 1.54) is 0 Å². The van der Waals surface area contributed by atoms with E-state index in [-0.39, 0.29) is 0 Å². The molecule has 0 bridgehead atoms. The van der Waals surface area contributed by atoms with E-state index in [1.54, 1.807) is 25.7 Å². The summed E-state index contributed by atoms with van der Waals surface area (Å²) < 4.78 is 11.7. The highest BCUT2D eigenvalue weighted by Crippen LogP contribution is 2.37. The molecule has 196 valence electrons. The lowest BCUT2D eigenvalue weighted by atomic mass is 9.85. The fraction of sp³-hybridized carbons (Fsp3) is 0.226. The second-order valence-corrected chi connectivity index (χ2v) is 9.72. The van der Waals surface area contributed by atoms with E-state index >= 15 is 0 Å². The van der Waals surface area contributed by atoms with E-state index in [4.69, 9.17) is 14.5 Å². The van der Waals surface area contributed by atoms with E-state index in [9.17, 15) is 5.11 Å². The van der Waals surface area contributed by atoms with Crippen molar-refractivity contribution in [2.24, 2.45) is 0 Å². The second-order valence-electron chi connectivity index (χ2n) is 9.72. The Bertz CT molecular complexity index is 1550. The first-order valence-corrected chi connectivity index (χ1v) is 13.0. The van der Waals surface area contributed by atoms with Crippen LogP contribution in [0.5, 0.6) is 11.5 Å². The number of methoxy groups -OCH3 is 1. The van der Waals surface area contributed by atoms with Crippen molar-refractivity contribution in [3.8, 4) is 22.6 Å². The summed E-state index contributed by atoms with van der Waals surface area (Å²) in [6.45, 7) is 1.85. The lowest BCUT2D eigenvalue weighted by Gasteiger charge is -2.38. The highest BCUT2D eigenvalue weighted by molar-refractivity contribution is 5.95. The predicted octanol–water partition coefficient (Wildman–Crippen LogP) is 5.16. The number of nitrogens with zero attached hydrogens (tertiary/aromatic N) is 5. The Kier molecular flexibility index (Phi) is 6.77. The minimum absolute atomic E-state index is 0.428. The maximum atomic E-state index is 11.1. The number of hydrogen-bond acceptors (Lipinski definition) is 8. The Morgan fingerprint density at radius 2 is 1.77 bits per heavy atom. The number of piperidine rings is 1. The topological polar surface area (TPSA) is 93.5 Å². The van der Waals surface area contributed by atoms with Gasteiger partial charge in [-0.1, -0.05) is 36.4 Å². The number of aromatic nitrogens is 4. The molecule has 5 aromatic rings. The fourth-order valence-electron chi connectivity index (χ4n) is 5.07. The van der Waals surface area contributed by atoms with Crippen LogP contribution in [0.3, 0.4) is 0 Å². The highest BCUT2D eigenvalue weighted by atomic mass is 16.5. The average Bonchev–Trinajstić information content (AvgIpc) is 3.00. The minimum Gasteiger partial charge on any atom is -0.493 e. The van der Waals surface area contributed by atoms with Crippen molar-refractivity contribution >= 4 is 16.7 Å². The first kappa shape index (κ1) is 24.8. The van der Waals surface area contributed by atoms with Gasteiger partial charge in [-0.15, -0.1) is 0 Å². The lowest BCUT2D eigenvalue weighted by Crippen LogP contribution is -2.43. The third-order valence-electron chi connectivity index (χ3n) is 7.33. The van der Waals surface area contributed by atoms with Gasteiger partial charge in [-0.05, 0) is 42.7 Å². The molecule has 0 amide bonds. The van der Waals surface area contributed by atoms with E-state index < -0.39 is 5.60 Å². The van der Waals surface area contributed by atoms with E-state index in [0.717, 1.165) is 33.5 Å². The summed E-state index contributed by atoms with van der Waals surface area (Å²) in [5.41, 5.74) is 3.65. The first-order valence-electron chi connectivity index (χ1n) is 13.0. The summed E-state index contributed by atoms with van der Waals surface area (Å²) in [4.78, 5) is 11.1. The van der Waals surface area contributed by atoms with Gasteiger partial charge in [-0.25, -0.2) is 4.98 Å². The summed E-state index contributed by atoms with van der Waals surface area (Å²) in [6, 6.07) is 21.7. The van der Waals surface area contributed by atoms with Crippen LogP contribution in [-0.4, -0.2) is 45.5 Å². The molecule has 39 heavy (non-hydrogen) atoms. The van der Waals surface area contributed by atoms with Crippen LogP contribution in [0.1, 0.15) is 24.0 Å². The van der Waals surface area contributed by atoms with Gasteiger partial charge in [0.1, 0.15) is 12.4 Å². The van der Waals surface area contributed by atoms with Crippen LogP contribution in [0.15, 0.2) is 91.5 Å². The lowest BCUT2D eigenvalue weighted by molar-refractivity contribution is 0.0113. The Balaban J connectivity index is 1.21. The smallest absolute Gasteiger partial charge is 0.163 e. The van der Waals surface area contributed by atoms with Gasteiger partial charge in [0, 0.05) is 59.8 Å². The molecule has 1 aliphatic rings. The average molecular weight is 520 g/mol. The number of hydrogen-bond donors (Lipinski definition) is 1. The normalized spacial score (nSPS) is 14.8. The molecule has 1 N–H and O–H groups in total. The van der Waals surface area contributed by atoms with Crippen molar-refractivity contribution in [3.05, 3.63) is 103 Å². The summed E-state index contributed by atoms with van der Waals surface area (Å²) in [5, 5.41) is 20.6. The van der Waals surface area contributed by atoms with Gasteiger partial charge >= 0.3 is 0 Å². The third kappa shape index (κ3) is 5.11. The molecule has 0 unspecified atom stereocenters. The van der Waals surface area contributed by atoms with Crippen LogP contribution in [0.2, 0.25) is 0 Å². The molecule has 0 spiro atoms. The van der Waals surface area contributed by atoms with Crippen LogP contribution < -0.4 is 14.4 Å². The van der Waals surface area contributed by atoms with E-state index in [2.05, 4.69) is 20.1 Å². The molecule has 4 heterocycles. The molecule has 3 aromatic heterocycles. The Morgan fingerprint density at radius 1 is 0.923 bits per heavy atom. The fourth-order valence-corrected chi connectivity index (χ4v) is 5.07. The number of anilines is 1. The number of fused-ring (bicyclic) bond motifs is 1. The van der Waals surface area contributed by atoms with Crippen LogP contribution in [-0.2, 0) is 12.2 Å². The number of pyridine rings is 2. The van der Waals surface area contributed by atoms with Gasteiger partial charge in [0.15, 0.2) is 11.5 Å². The van der Waals surface area contributed by atoms with Gasteiger partial charge in [-0.2, -0.15) is 10.2 Å². The first-order chi connectivity index (χ1) is 19.1. The van der Waals surface area contributed by atoms with Gasteiger partial charge in [0.25, 0.3) is 0 Å². The van der Waals surface area contributed by atoms with Crippen molar-refractivity contribution in [3.63, 3.8) is 0 Å². The highest BCUT2D eigenvalue weighted by Gasteiger charge is 2.34. The minimum atomic E-state index is -0.852. The van der Waals surface area contributed by atoms with Crippen molar-refractivity contribution in [2.45, 2.75) is 25.0 Å². The van der Waals surface area contributed by atoms with Gasteiger partial charge in [0.05, 0.1) is 24.4 Å². The van der Waals surface area contributed by atoms with Crippen LogP contribution in [0, 0.1) is 0 Å². The van der Waals surface area contributed by atoms with Crippen molar-refractivity contribution in [1.29, 1.82) is 0 Å². The standard InChI is InChI=1S/C31H29N5O3/c1-38-28-16-25-26(20-34-35-27(25)17-29(28)39-21-22-6-3-2-4-7-22)23-9-10-30(33-18-23)36-14-11-31(37,12-15-36)24-8-5-13-32-19-24/h2-10,13,16-20,37H,11-12,14-15,21H2,1H3. The molecule has 1 saturated heterocycles. The number of benzene rings is 2. The summed E-state index contributed by atoms with van der Waals surface area (Å²) >= 11 is 0. The van der Waals surface area contributed by atoms with Crippen LogP contribution in [0.4, 0.5) is 5.82 Å². The molecule has 8 heteroatoms. The number of ether oxygens (including phenoxy) is 2. The molecule has 2 aromatic carbocycles. The second kappa shape index (κ2) is 10.7. The third-order valence-corrected chi connectivity index (χ3v) is 7.33. The van der Waals surface area contributed by atoms with Crippen molar-refractivity contribution < 1.29 is 14.6 Å². The Morgan fingerprint density at radius 3 is 2.49 bits per heavy atom. The molecule has 1 fully saturated rings. The van der Waals surface area contributed by atoms with Gasteiger partial charge < -0.3 is 19.5 Å². The maximum Gasteiger partial charge on any atom is 0.163 e. The quantitative estimate of drug-likeness (QED) is 0.315.